The maximum absolute atomic E-state index is 6.39. The molecule has 1 aliphatic heterocycles. The van der Waals surface area contributed by atoms with Crippen LogP contribution < -0.4 is 20.5 Å². The van der Waals surface area contributed by atoms with Gasteiger partial charge in [-0.3, -0.25) is 14.6 Å². The second kappa shape index (κ2) is 16.2. The van der Waals surface area contributed by atoms with Crippen molar-refractivity contribution >= 4 is 29.6 Å². The number of hydrogen-bond acceptors (Lipinski definition) is 10. The lowest BCUT2D eigenvalue weighted by atomic mass is 9.90. The van der Waals surface area contributed by atoms with Crippen molar-refractivity contribution in [3.05, 3.63) is 41.8 Å². The monoisotopic (exact) mass is 640 g/mol. The summed E-state index contributed by atoms with van der Waals surface area (Å²) in [6.45, 7) is 8.58. The quantitative estimate of drug-likeness (QED) is 0.181. The molecule has 0 bridgehead atoms. The molecule has 13 heteroatoms. The first-order valence-electron chi connectivity index (χ1n) is 15.8. The zero-order valence-corrected chi connectivity index (χ0v) is 27.2. The van der Waals surface area contributed by atoms with Gasteiger partial charge in [0.15, 0.2) is 0 Å². The highest BCUT2D eigenvalue weighted by molar-refractivity contribution is 6.32. The summed E-state index contributed by atoms with van der Waals surface area (Å²) >= 11 is 6.39. The first-order chi connectivity index (χ1) is 21.9. The summed E-state index contributed by atoms with van der Waals surface area (Å²) < 4.78 is 25.1. The molecule has 244 valence electrons. The topological polar surface area (TPSA) is 134 Å². The zero-order valence-electron chi connectivity index (χ0n) is 26.4. The number of nitrogens with two attached hydrogens (primary N) is 1. The Morgan fingerprint density at radius 1 is 1.09 bits per heavy atom. The molecule has 1 aromatic carbocycles. The Labute approximate surface area is 270 Å². The predicted molar refractivity (Wildman–Crippen MR) is 176 cm³/mol. The van der Waals surface area contributed by atoms with Crippen molar-refractivity contribution in [2.45, 2.75) is 70.2 Å². The Balaban J connectivity index is 1.27. The van der Waals surface area contributed by atoms with Crippen LogP contribution in [0.4, 0.5) is 11.6 Å². The van der Waals surface area contributed by atoms with E-state index in [1.807, 2.05) is 32.2 Å². The first-order valence-corrected chi connectivity index (χ1v) is 16.1. The van der Waals surface area contributed by atoms with Gasteiger partial charge in [0, 0.05) is 50.6 Å². The standard InChI is InChI=1S/C32H45ClN8O4/c1-22(42-3)10-13-44-31-29(20-41(39-31)27-7-5-26(6-8-27)40-11-14-43-15-12-40)38-32-36-18-25(19-37-32)24-4-9-28(33)30(16-24)45-23(2)17-35-21-34/h4,9,16,18-23,26-27H,5-8,10-15,17H2,1-3H3,(H2,34,35)(H,36,37,38)/t22?,23-,26?,27?/m0/s1. The van der Waals surface area contributed by atoms with Gasteiger partial charge in [0.2, 0.25) is 5.95 Å². The minimum Gasteiger partial charge on any atom is -0.487 e. The molecule has 0 radical (unpaired) electrons. The average Bonchev–Trinajstić information content (AvgIpc) is 3.47. The van der Waals surface area contributed by atoms with Gasteiger partial charge in [-0.15, -0.1) is 5.10 Å². The summed E-state index contributed by atoms with van der Waals surface area (Å²) in [6.07, 6.45) is 11.9. The van der Waals surface area contributed by atoms with E-state index in [2.05, 4.69) is 29.9 Å². The Morgan fingerprint density at radius 3 is 2.53 bits per heavy atom. The van der Waals surface area contributed by atoms with E-state index in [-0.39, 0.29) is 12.2 Å². The molecule has 3 heterocycles. The summed E-state index contributed by atoms with van der Waals surface area (Å²) in [4.78, 5) is 15.8. The van der Waals surface area contributed by atoms with Gasteiger partial charge in [-0.25, -0.2) is 9.97 Å². The van der Waals surface area contributed by atoms with Crippen LogP contribution in [0.15, 0.2) is 41.8 Å². The molecule has 3 aromatic rings. The Morgan fingerprint density at radius 2 is 1.82 bits per heavy atom. The van der Waals surface area contributed by atoms with Crippen molar-refractivity contribution in [3.63, 3.8) is 0 Å². The van der Waals surface area contributed by atoms with Crippen LogP contribution >= 0.6 is 11.6 Å². The summed E-state index contributed by atoms with van der Waals surface area (Å²) in [5, 5.41) is 8.73. The number of methoxy groups -OCH3 is 1. The van der Waals surface area contributed by atoms with Crippen LogP contribution in [0.1, 0.15) is 52.0 Å². The zero-order chi connectivity index (χ0) is 31.6. The van der Waals surface area contributed by atoms with E-state index in [0.29, 0.717) is 47.8 Å². The second-order valence-electron chi connectivity index (χ2n) is 11.6. The molecular formula is C32H45ClN8O4. The number of aromatic nitrogens is 4. The fraction of sp³-hybridized carbons (Fsp3) is 0.562. The van der Waals surface area contributed by atoms with Crippen LogP contribution in [0.2, 0.25) is 5.02 Å². The average molecular weight is 641 g/mol. The lowest BCUT2D eigenvalue weighted by molar-refractivity contribution is 0.00502. The van der Waals surface area contributed by atoms with Crippen molar-refractivity contribution in [2.75, 3.05) is 51.9 Å². The number of aliphatic imine (C=N–C) groups is 1. The van der Waals surface area contributed by atoms with E-state index < -0.39 is 0 Å². The van der Waals surface area contributed by atoms with Crippen LogP contribution in [0.5, 0.6) is 11.6 Å². The smallest absolute Gasteiger partial charge is 0.256 e. The summed E-state index contributed by atoms with van der Waals surface area (Å²) in [6, 6.07) is 6.52. The summed E-state index contributed by atoms with van der Waals surface area (Å²) in [5.74, 6) is 1.55. The third-order valence-electron chi connectivity index (χ3n) is 8.42. The third kappa shape index (κ3) is 9.06. The van der Waals surface area contributed by atoms with Gasteiger partial charge in [0.05, 0.1) is 56.1 Å². The highest BCUT2D eigenvalue weighted by Crippen LogP contribution is 2.35. The fourth-order valence-corrected chi connectivity index (χ4v) is 5.89. The number of nitrogens with one attached hydrogen (secondary N) is 1. The van der Waals surface area contributed by atoms with Gasteiger partial charge < -0.3 is 30.0 Å². The van der Waals surface area contributed by atoms with Gasteiger partial charge in [-0.05, 0) is 57.2 Å². The number of benzene rings is 1. The molecule has 1 unspecified atom stereocenters. The van der Waals surface area contributed by atoms with E-state index in [1.165, 1.54) is 6.34 Å². The van der Waals surface area contributed by atoms with E-state index in [0.717, 1.165) is 75.2 Å². The highest BCUT2D eigenvalue weighted by Gasteiger charge is 2.29. The number of anilines is 2. The molecule has 0 amide bonds. The van der Waals surface area contributed by atoms with Crippen LogP contribution in [-0.2, 0) is 9.47 Å². The molecule has 2 aromatic heterocycles. The highest BCUT2D eigenvalue weighted by atomic mass is 35.5. The molecule has 2 fully saturated rings. The number of hydrogen-bond donors (Lipinski definition) is 2. The largest absolute Gasteiger partial charge is 0.487 e. The van der Waals surface area contributed by atoms with E-state index in [4.69, 9.17) is 41.4 Å². The number of morpholine rings is 1. The molecule has 1 saturated carbocycles. The van der Waals surface area contributed by atoms with Crippen molar-refractivity contribution in [2.24, 2.45) is 10.7 Å². The number of ether oxygens (including phenoxy) is 4. The molecule has 2 aliphatic rings. The van der Waals surface area contributed by atoms with E-state index in [1.54, 1.807) is 25.6 Å². The SMILES string of the molecule is COC(C)CCOc1nn(C2CCC(N3CCOCC3)CC2)cc1Nc1ncc(-c2ccc(Cl)c(O[C@@H](C)CN=CN)c2)cn1. The number of halogens is 1. The third-order valence-corrected chi connectivity index (χ3v) is 8.74. The maximum atomic E-state index is 6.39. The molecule has 0 spiro atoms. The van der Waals surface area contributed by atoms with E-state index in [9.17, 15) is 0 Å². The molecule has 1 aliphatic carbocycles. The van der Waals surface area contributed by atoms with Crippen LogP contribution in [0, 0.1) is 0 Å². The van der Waals surface area contributed by atoms with Gasteiger partial charge in [0.25, 0.3) is 5.88 Å². The Hall–Kier alpha value is -3.45. The Bertz CT molecular complexity index is 1370. The van der Waals surface area contributed by atoms with Gasteiger partial charge in [-0.1, -0.05) is 17.7 Å². The van der Waals surface area contributed by atoms with Gasteiger partial charge in [0.1, 0.15) is 17.5 Å². The van der Waals surface area contributed by atoms with Gasteiger partial charge in [-0.2, -0.15) is 0 Å². The van der Waals surface area contributed by atoms with Crippen LogP contribution in [-0.4, -0.2) is 95.8 Å². The predicted octanol–water partition coefficient (Wildman–Crippen LogP) is 5.11. The van der Waals surface area contributed by atoms with Crippen molar-refractivity contribution < 1.29 is 18.9 Å². The number of nitrogens with zero attached hydrogens (tertiary/aromatic N) is 6. The van der Waals surface area contributed by atoms with Crippen molar-refractivity contribution in [1.29, 1.82) is 0 Å². The summed E-state index contributed by atoms with van der Waals surface area (Å²) in [7, 11) is 1.71. The lowest BCUT2D eigenvalue weighted by Crippen LogP contribution is -2.45. The van der Waals surface area contributed by atoms with Crippen molar-refractivity contribution in [3.8, 4) is 22.8 Å². The minimum atomic E-state index is -0.185. The molecular weight excluding hydrogens is 596 g/mol. The normalized spacial score (nSPS) is 20.6. The molecule has 12 nitrogen and oxygen atoms in total. The minimum absolute atomic E-state index is 0.0938. The van der Waals surface area contributed by atoms with Crippen molar-refractivity contribution in [1.82, 2.24) is 24.6 Å². The molecule has 2 atom stereocenters. The number of rotatable bonds is 14. The van der Waals surface area contributed by atoms with E-state index >= 15 is 0 Å². The molecule has 5 rings (SSSR count). The molecule has 1 saturated heterocycles. The second-order valence-corrected chi connectivity index (χ2v) is 12.0. The maximum Gasteiger partial charge on any atom is 0.256 e. The first kappa shape index (κ1) is 32.9. The van der Waals surface area contributed by atoms with Crippen LogP contribution in [0.25, 0.3) is 11.1 Å². The van der Waals surface area contributed by atoms with Crippen LogP contribution in [0.3, 0.4) is 0 Å². The fourth-order valence-electron chi connectivity index (χ4n) is 5.72. The summed E-state index contributed by atoms with van der Waals surface area (Å²) in [5.41, 5.74) is 7.80. The molecule has 3 N–H and O–H groups in total. The lowest BCUT2D eigenvalue weighted by Gasteiger charge is -2.38. The van der Waals surface area contributed by atoms with Gasteiger partial charge >= 0.3 is 0 Å². The molecule has 45 heavy (non-hydrogen) atoms. The Kier molecular flexibility index (Phi) is 11.9.